The van der Waals surface area contributed by atoms with Crippen LogP contribution in [0.5, 0.6) is 5.75 Å². The molecule has 0 radical (unpaired) electrons. The molecular formula is C14H17NO2. The number of ether oxygens (including phenoxy) is 1. The lowest BCUT2D eigenvalue weighted by Crippen LogP contribution is -2.33. The number of rotatable bonds is 5. The van der Waals surface area contributed by atoms with Crippen molar-refractivity contribution >= 4 is 5.91 Å². The molecule has 0 saturated heterocycles. The molecule has 0 heterocycles. The minimum atomic E-state index is -0.225. The normalized spacial score (nSPS) is 11.4. The monoisotopic (exact) mass is 231 g/mol. The number of methoxy groups -OCH3 is 1. The SMILES string of the molecule is C#C[C@H](CCC)NC(=O)c1ccccc1OC. The van der Waals surface area contributed by atoms with Crippen molar-refractivity contribution in [2.24, 2.45) is 0 Å². The predicted octanol–water partition coefficient (Wildman–Crippen LogP) is 2.23. The van der Waals surface area contributed by atoms with E-state index in [1.54, 1.807) is 18.2 Å². The van der Waals surface area contributed by atoms with Gasteiger partial charge in [0, 0.05) is 0 Å². The number of hydrogen-bond acceptors (Lipinski definition) is 2. The van der Waals surface area contributed by atoms with Gasteiger partial charge in [-0.2, -0.15) is 0 Å². The first-order valence-corrected chi connectivity index (χ1v) is 5.63. The summed E-state index contributed by atoms with van der Waals surface area (Å²) >= 11 is 0. The average Bonchev–Trinajstić information content (AvgIpc) is 2.38. The number of nitrogens with one attached hydrogen (secondary N) is 1. The Bertz CT molecular complexity index is 420. The molecule has 17 heavy (non-hydrogen) atoms. The second-order valence-corrected chi connectivity index (χ2v) is 3.68. The summed E-state index contributed by atoms with van der Waals surface area (Å²) in [5.74, 6) is 2.93. The lowest BCUT2D eigenvalue weighted by atomic mass is 10.1. The molecule has 0 unspecified atom stereocenters. The van der Waals surface area contributed by atoms with Gasteiger partial charge < -0.3 is 10.1 Å². The van der Waals surface area contributed by atoms with Crippen LogP contribution in [0.4, 0.5) is 0 Å². The molecule has 0 aromatic heterocycles. The van der Waals surface area contributed by atoms with Crippen LogP contribution in [-0.2, 0) is 0 Å². The minimum absolute atomic E-state index is 0.196. The van der Waals surface area contributed by atoms with Crippen molar-refractivity contribution in [3.05, 3.63) is 29.8 Å². The summed E-state index contributed by atoms with van der Waals surface area (Å²) in [5.41, 5.74) is 0.506. The van der Waals surface area contributed by atoms with E-state index in [0.717, 1.165) is 12.8 Å². The van der Waals surface area contributed by atoms with Crippen molar-refractivity contribution in [1.82, 2.24) is 5.32 Å². The van der Waals surface area contributed by atoms with E-state index in [1.807, 2.05) is 13.0 Å². The highest BCUT2D eigenvalue weighted by Crippen LogP contribution is 2.17. The van der Waals surface area contributed by atoms with Crippen LogP contribution < -0.4 is 10.1 Å². The number of benzene rings is 1. The number of para-hydroxylation sites is 1. The number of amides is 1. The van der Waals surface area contributed by atoms with E-state index < -0.39 is 0 Å². The van der Waals surface area contributed by atoms with Gasteiger partial charge in [-0.25, -0.2) is 0 Å². The predicted molar refractivity (Wildman–Crippen MR) is 68.0 cm³/mol. The van der Waals surface area contributed by atoms with E-state index in [9.17, 15) is 4.79 Å². The smallest absolute Gasteiger partial charge is 0.256 e. The molecule has 0 bridgehead atoms. The fourth-order valence-electron chi connectivity index (χ4n) is 1.55. The molecule has 90 valence electrons. The van der Waals surface area contributed by atoms with Gasteiger partial charge in [-0.15, -0.1) is 6.42 Å². The van der Waals surface area contributed by atoms with Crippen LogP contribution in [-0.4, -0.2) is 19.1 Å². The van der Waals surface area contributed by atoms with Gasteiger partial charge in [-0.1, -0.05) is 31.4 Å². The highest BCUT2D eigenvalue weighted by Gasteiger charge is 2.14. The van der Waals surface area contributed by atoms with Crippen LogP contribution in [0.15, 0.2) is 24.3 Å². The van der Waals surface area contributed by atoms with Crippen LogP contribution in [0, 0.1) is 12.3 Å². The number of carbonyl (C=O) groups excluding carboxylic acids is 1. The topological polar surface area (TPSA) is 38.3 Å². The quantitative estimate of drug-likeness (QED) is 0.789. The Morgan fingerprint density at radius 2 is 2.24 bits per heavy atom. The van der Waals surface area contributed by atoms with Gasteiger partial charge in [0.05, 0.1) is 18.7 Å². The fourth-order valence-corrected chi connectivity index (χ4v) is 1.55. The lowest BCUT2D eigenvalue weighted by Gasteiger charge is -2.13. The zero-order valence-corrected chi connectivity index (χ0v) is 10.2. The third-order valence-electron chi connectivity index (χ3n) is 2.44. The molecule has 0 spiro atoms. The average molecular weight is 231 g/mol. The first-order chi connectivity index (χ1) is 8.22. The van der Waals surface area contributed by atoms with E-state index >= 15 is 0 Å². The van der Waals surface area contributed by atoms with Gasteiger partial charge in [0.2, 0.25) is 0 Å². The van der Waals surface area contributed by atoms with Crippen LogP contribution in [0.25, 0.3) is 0 Å². The van der Waals surface area contributed by atoms with E-state index in [1.165, 1.54) is 7.11 Å². The molecule has 0 aliphatic rings. The van der Waals surface area contributed by atoms with Gasteiger partial charge >= 0.3 is 0 Å². The third kappa shape index (κ3) is 3.53. The molecule has 0 saturated carbocycles. The highest BCUT2D eigenvalue weighted by atomic mass is 16.5. The van der Waals surface area contributed by atoms with Crippen LogP contribution in [0.1, 0.15) is 30.1 Å². The fraction of sp³-hybridized carbons (Fsp3) is 0.357. The van der Waals surface area contributed by atoms with E-state index in [2.05, 4.69) is 11.2 Å². The molecule has 1 amide bonds. The maximum absolute atomic E-state index is 12.0. The Labute approximate surface area is 102 Å². The summed E-state index contributed by atoms with van der Waals surface area (Å²) in [6.07, 6.45) is 7.07. The van der Waals surface area contributed by atoms with Gasteiger partial charge in [0.1, 0.15) is 5.75 Å². The van der Waals surface area contributed by atoms with Crippen molar-refractivity contribution in [3.8, 4) is 18.1 Å². The zero-order valence-electron chi connectivity index (χ0n) is 10.2. The molecule has 1 aromatic rings. The second kappa shape index (κ2) is 6.59. The Morgan fingerprint density at radius 3 is 2.82 bits per heavy atom. The molecule has 1 aromatic carbocycles. The molecule has 1 atom stereocenters. The maximum atomic E-state index is 12.0. The molecule has 0 aliphatic carbocycles. The summed E-state index contributed by atoms with van der Waals surface area (Å²) in [5, 5.41) is 2.80. The molecule has 1 rings (SSSR count). The number of carbonyl (C=O) groups is 1. The highest BCUT2D eigenvalue weighted by molar-refractivity contribution is 5.97. The lowest BCUT2D eigenvalue weighted by molar-refractivity contribution is 0.0941. The molecule has 3 heteroatoms. The molecule has 0 aliphatic heterocycles. The van der Waals surface area contributed by atoms with Crippen molar-refractivity contribution in [2.45, 2.75) is 25.8 Å². The Balaban J connectivity index is 2.79. The molecular weight excluding hydrogens is 214 g/mol. The van der Waals surface area contributed by atoms with Crippen molar-refractivity contribution in [2.75, 3.05) is 7.11 Å². The van der Waals surface area contributed by atoms with Gasteiger partial charge in [0.15, 0.2) is 0 Å². The first kappa shape index (κ1) is 13.1. The molecule has 3 nitrogen and oxygen atoms in total. The Hall–Kier alpha value is -1.95. The van der Waals surface area contributed by atoms with E-state index in [-0.39, 0.29) is 11.9 Å². The van der Waals surface area contributed by atoms with Crippen molar-refractivity contribution in [3.63, 3.8) is 0 Å². The summed E-state index contributed by atoms with van der Waals surface area (Å²) in [7, 11) is 1.54. The van der Waals surface area contributed by atoms with E-state index in [4.69, 9.17) is 11.2 Å². The van der Waals surface area contributed by atoms with E-state index in [0.29, 0.717) is 11.3 Å². The molecule has 0 fully saturated rings. The Morgan fingerprint density at radius 1 is 1.53 bits per heavy atom. The number of hydrogen-bond donors (Lipinski definition) is 1. The zero-order chi connectivity index (χ0) is 12.7. The summed E-state index contributed by atoms with van der Waals surface area (Å²) in [4.78, 5) is 12.0. The van der Waals surface area contributed by atoms with Crippen LogP contribution in [0.2, 0.25) is 0 Å². The summed E-state index contributed by atoms with van der Waals surface area (Å²) < 4.78 is 5.13. The van der Waals surface area contributed by atoms with Gasteiger partial charge in [-0.05, 0) is 18.6 Å². The standard InChI is InChI=1S/C14H17NO2/c1-4-8-11(5-2)15-14(16)12-9-6-7-10-13(12)17-3/h2,6-7,9-11H,4,8H2,1,3H3,(H,15,16)/t11-/m1/s1. The van der Waals surface area contributed by atoms with Gasteiger partial charge in [-0.3, -0.25) is 4.79 Å². The number of terminal acetylenes is 1. The summed E-state index contributed by atoms with van der Waals surface area (Å²) in [6.45, 7) is 2.03. The minimum Gasteiger partial charge on any atom is -0.496 e. The largest absolute Gasteiger partial charge is 0.496 e. The third-order valence-corrected chi connectivity index (χ3v) is 2.44. The maximum Gasteiger partial charge on any atom is 0.256 e. The second-order valence-electron chi connectivity index (χ2n) is 3.68. The molecule has 1 N–H and O–H groups in total. The first-order valence-electron chi connectivity index (χ1n) is 5.63. The van der Waals surface area contributed by atoms with Crippen LogP contribution in [0.3, 0.4) is 0 Å². The van der Waals surface area contributed by atoms with Gasteiger partial charge in [0.25, 0.3) is 5.91 Å². The van der Waals surface area contributed by atoms with Crippen molar-refractivity contribution in [1.29, 1.82) is 0 Å². The van der Waals surface area contributed by atoms with Crippen LogP contribution >= 0.6 is 0 Å². The van der Waals surface area contributed by atoms with Crippen molar-refractivity contribution < 1.29 is 9.53 Å². The summed E-state index contributed by atoms with van der Waals surface area (Å²) in [6, 6.07) is 6.85. The Kier molecular flexibility index (Phi) is 5.09.